The third-order valence-electron chi connectivity index (χ3n) is 6.62. The number of nitrogens with one attached hydrogen (secondary N) is 1. The number of nitrogens with zero attached hydrogens (tertiary/aromatic N) is 2. The molecule has 6 rings (SSSR count). The van der Waals surface area contributed by atoms with Crippen molar-refractivity contribution in [2.75, 3.05) is 0 Å². The first-order valence-electron chi connectivity index (χ1n) is 11.2. The van der Waals surface area contributed by atoms with E-state index in [2.05, 4.69) is 11.4 Å². The Balaban J connectivity index is 1.61. The van der Waals surface area contributed by atoms with Crippen LogP contribution >= 0.6 is 11.3 Å². The molecule has 6 heteroatoms. The number of Topliss-reactive ketones (excluding diaryl/α,β-unsaturated/α-hetero) is 2. The van der Waals surface area contributed by atoms with Gasteiger partial charge < -0.3 is 5.32 Å². The maximum Gasteiger partial charge on any atom is 0.161 e. The Morgan fingerprint density at radius 1 is 0.875 bits per heavy atom. The van der Waals surface area contributed by atoms with E-state index >= 15 is 0 Å². The number of carbonyl (C=O) groups is 2. The lowest BCUT2D eigenvalue weighted by atomic mass is 9.71. The first-order chi connectivity index (χ1) is 15.7. The van der Waals surface area contributed by atoms with Gasteiger partial charge in [0.1, 0.15) is 5.69 Å². The highest BCUT2D eigenvalue weighted by Crippen LogP contribution is 2.47. The van der Waals surface area contributed by atoms with Crippen molar-refractivity contribution in [2.45, 2.75) is 44.4 Å². The molecular weight excluding hydrogens is 418 g/mol. The van der Waals surface area contributed by atoms with Crippen molar-refractivity contribution in [2.24, 2.45) is 0 Å². The number of hydrogen-bond acceptors (Lipinski definition) is 5. The van der Waals surface area contributed by atoms with Crippen LogP contribution in [-0.4, -0.2) is 21.3 Å². The van der Waals surface area contributed by atoms with Gasteiger partial charge in [-0.15, -0.1) is 11.3 Å². The van der Waals surface area contributed by atoms with Gasteiger partial charge in [-0.25, -0.2) is 4.68 Å². The zero-order valence-electron chi connectivity index (χ0n) is 17.6. The molecule has 0 radical (unpaired) electrons. The van der Waals surface area contributed by atoms with Crippen LogP contribution in [0, 0.1) is 0 Å². The van der Waals surface area contributed by atoms with Gasteiger partial charge >= 0.3 is 0 Å². The largest absolute Gasteiger partial charge is 0.362 e. The van der Waals surface area contributed by atoms with Crippen molar-refractivity contribution < 1.29 is 9.59 Å². The summed E-state index contributed by atoms with van der Waals surface area (Å²) in [6.07, 6.45) is 6.51. The summed E-state index contributed by atoms with van der Waals surface area (Å²) in [7, 11) is 0. The van der Waals surface area contributed by atoms with E-state index in [9.17, 15) is 9.59 Å². The standard InChI is InChI=1S/C26H23N3O2S/c30-20-11-4-9-18-24(20)23(25-19(27-18)10-5-12-21(25)31)17-15-29(16-7-2-1-3-8-16)28-26(17)22-13-6-14-32-22/h1-3,6-8,13-15,23,27H,4-5,9-12H2. The van der Waals surface area contributed by atoms with E-state index in [4.69, 9.17) is 5.10 Å². The van der Waals surface area contributed by atoms with Crippen LogP contribution in [0.2, 0.25) is 0 Å². The van der Waals surface area contributed by atoms with Crippen LogP contribution in [0.15, 0.2) is 76.6 Å². The Morgan fingerprint density at radius 2 is 1.56 bits per heavy atom. The average Bonchev–Trinajstić information content (AvgIpc) is 3.49. The van der Waals surface area contributed by atoms with E-state index in [1.807, 2.05) is 52.7 Å². The van der Waals surface area contributed by atoms with Crippen molar-refractivity contribution >= 4 is 22.9 Å². The molecule has 0 amide bonds. The molecule has 0 spiro atoms. The molecule has 1 N–H and O–H groups in total. The molecule has 2 aliphatic carbocycles. The summed E-state index contributed by atoms with van der Waals surface area (Å²) in [5.74, 6) is -0.0482. The molecule has 0 saturated carbocycles. The molecule has 1 aliphatic heterocycles. The van der Waals surface area contributed by atoms with Crippen molar-refractivity contribution in [3.8, 4) is 16.3 Å². The van der Waals surface area contributed by atoms with Gasteiger partial charge in [0.25, 0.3) is 0 Å². The van der Waals surface area contributed by atoms with Gasteiger partial charge in [0.05, 0.1) is 10.6 Å². The van der Waals surface area contributed by atoms with Crippen molar-refractivity contribution in [1.29, 1.82) is 0 Å². The third kappa shape index (κ3) is 3.09. The third-order valence-corrected chi connectivity index (χ3v) is 7.50. The number of ketones is 2. The summed E-state index contributed by atoms with van der Waals surface area (Å²) in [4.78, 5) is 27.5. The molecule has 3 aliphatic rings. The number of carbonyl (C=O) groups excluding carboxylic acids is 2. The Hall–Kier alpha value is -3.25. The topological polar surface area (TPSA) is 64.0 Å². The normalized spacial score (nSPS) is 19.1. The monoisotopic (exact) mass is 441 g/mol. The number of dihydropyridines is 1. The Bertz CT molecular complexity index is 1240. The minimum absolute atomic E-state index is 0.151. The maximum atomic E-state index is 13.2. The molecule has 5 nitrogen and oxygen atoms in total. The lowest BCUT2D eigenvalue weighted by Crippen LogP contribution is -2.36. The number of rotatable bonds is 3. The van der Waals surface area contributed by atoms with E-state index < -0.39 is 0 Å². The van der Waals surface area contributed by atoms with E-state index in [1.54, 1.807) is 11.3 Å². The second-order valence-electron chi connectivity index (χ2n) is 8.59. The van der Waals surface area contributed by atoms with E-state index in [0.29, 0.717) is 12.8 Å². The Kier molecular flexibility index (Phi) is 4.68. The first kappa shape index (κ1) is 19.4. The Labute approximate surface area is 190 Å². The van der Waals surface area contributed by atoms with Crippen LogP contribution in [0.25, 0.3) is 16.3 Å². The number of para-hydroxylation sites is 1. The predicted octanol–water partition coefficient (Wildman–Crippen LogP) is 5.30. The smallest absolute Gasteiger partial charge is 0.161 e. The number of hydrogen-bond donors (Lipinski definition) is 1. The number of aromatic nitrogens is 2. The Morgan fingerprint density at radius 3 is 2.19 bits per heavy atom. The van der Waals surface area contributed by atoms with Crippen LogP contribution in [0.4, 0.5) is 0 Å². The van der Waals surface area contributed by atoms with Gasteiger partial charge in [0.2, 0.25) is 0 Å². The quantitative estimate of drug-likeness (QED) is 0.599. The van der Waals surface area contributed by atoms with Crippen molar-refractivity contribution in [1.82, 2.24) is 15.1 Å². The molecule has 0 bridgehead atoms. The highest BCUT2D eigenvalue weighted by atomic mass is 32.1. The van der Waals surface area contributed by atoms with Crippen molar-refractivity contribution in [3.63, 3.8) is 0 Å². The molecule has 0 fully saturated rings. The fourth-order valence-electron chi connectivity index (χ4n) is 5.21. The summed E-state index contributed by atoms with van der Waals surface area (Å²) in [6, 6.07) is 14.1. The van der Waals surface area contributed by atoms with Gasteiger partial charge in [0.15, 0.2) is 11.6 Å². The second-order valence-corrected chi connectivity index (χ2v) is 9.53. The fraction of sp³-hybridized carbons (Fsp3) is 0.269. The molecule has 2 aromatic heterocycles. The summed E-state index contributed by atoms with van der Waals surface area (Å²) in [5.41, 5.74) is 6.31. The second kappa shape index (κ2) is 7.71. The average molecular weight is 442 g/mol. The number of benzene rings is 1. The predicted molar refractivity (Wildman–Crippen MR) is 125 cm³/mol. The molecule has 3 aromatic rings. The molecule has 0 unspecified atom stereocenters. The molecule has 32 heavy (non-hydrogen) atoms. The minimum atomic E-state index is -0.351. The highest BCUT2D eigenvalue weighted by Gasteiger charge is 2.42. The van der Waals surface area contributed by atoms with E-state index in [0.717, 1.165) is 70.0 Å². The van der Waals surface area contributed by atoms with Gasteiger partial charge in [-0.1, -0.05) is 24.3 Å². The van der Waals surface area contributed by atoms with E-state index in [-0.39, 0.29) is 17.5 Å². The highest BCUT2D eigenvalue weighted by molar-refractivity contribution is 7.13. The van der Waals surface area contributed by atoms with Crippen LogP contribution in [-0.2, 0) is 9.59 Å². The molecule has 0 saturated heterocycles. The molecular formula is C26H23N3O2S. The van der Waals surface area contributed by atoms with Crippen LogP contribution in [0.5, 0.6) is 0 Å². The van der Waals surface area contributed by atoms with Gasteiger partial charge in [-0.2, -0.15) is 5.10 Å². The fourth-order valence-corrected chi connectivity index (χ4v) is 5.94. The van der Waals surface area contributed by atoms with Crippen LogP contribution < -0.4 is 5.32 Å². The maximum absolute atomic E-state index is 13.2. The molecule has 0 atom stereocenters. The summed E-state index contributed by atoms with van der Waals surface area (Å²) in [5, 5.41) is 10.5. The summed E-state index contributed by atoms with van der Waals surface area (Å²) in [6.45, 7) is 0. The minimum Gasteiger partial charge on any atom is -0.362 e. The first-order valence-corrected chi connectivity index (χ1v) is 12.1. The zero-order chi connectivity index (χ0) is 21.7. The van der Waals surface area contributed by atoms with Crippen molar-refractivity contribution in [3.05, 3.63) is 82.1 Å². The number of allylic oxidation sites excluding steroid dienone is 4. The van der Waals surface area contributed by atoms with Crippen LogP contribution in [0.1, 0.15) is 50.0 Å². The molecule has 160 valence electrons. The SMILES string of the molecule is O=C1CCCC2=C1C(c1cn(-c3ccccc3)nc1-c1cccs1)C1=C(CCCC1=O)N2. The van der Waals surface area contributed by atoms with Gasteiger partial charge in [0, 0.05) is 53.1 Å². The summed E-state index contributed by atoms with van der Waals surface area (Å²) >= 11 is 1.63. The lowest BCUT2D eigenvalue weighted by molar-refractivity contribution is -0.116. The summed E-state index contributed by atoms with van der Waals surface area (Å²) < 4.78 is 1.88. The number of thiophene rings is 1. The zero-order valence-corrected chi connectivity index (χ0v) is 18.5. The molecule has 1 aromatic carbocycles. The molecule has 3 heterocycles. The lowest BCUT2D eigenvalue weighted by Gasteiger charge is -2.37. The van der Waals surface area contributed by atoms with Gasteiger partial charge in [-0.3, -0.25) is 9.59 Å². The van der Waals surface area contributed by atoms with Crippen LogP contribution in [0.3, 0.4) is 0 Å². The van der Waals surface area contributed by atoms with Gasteiger partial charge in [-0.05, 0) is 49.3 Å². The van der Waals surface area contributed by atoms with E-state index in [1.165, 1.54) is 0 Å².